The Bertz CT molecular complexity index is 783. The summed E-state index contributed by atoms with van der Waals surface area (Å²) in [6, 6.07) is 21.8. The molecule has 0 heterocycles. The standard InChI is InChI=1S/C20H14O3/c21-18-12-16(19(22)14-7-3-1-4-8-14)11-17(13-18)20(23)15-9-5-2-6-10-15/h1-13,21H. The third-order valence-electron chi connectivity index (χ3n) is 3.51. The van der Waals surface area contributed by atoms with Gasteiger partial charge in [0, 0.05) is 22.3 Å². The first-order valence-electron chi connectivity index (χ1n) is 7.19. The molecule has 0 bridgehead atoms. The number of carbonyl (C=O) groups excluding carboxylic acids is 2. The van der Waals surface area contributed by atoms with Crippen LogP contribution >= 0.6 is 0 Å². The second-order valence-corrected chi connectivity index (χ2v) is 5.16. The average Bonchev–Trinajstić information content (AvgIpc) is 2.61. The lowest BCUT2D eigenvalue weighted by atomic mass is 9.97. The largest absolute Gasteiger partial charge is 0.508 e. The predicted molar refractivity (Wildman–Crippen MR) is 87.9 cm³/mol. The second-order valence-electron chi connectivity index (χ2n) is 5.16. The fourth-order valence-electron chi connectivity index (χ4n) is 2.39. The van der Waals surface area contributed by atoms with Gasteiger partial charge in [-0.25, -0.2) is 0 Å². The van der Waals surface area contributed by atoms with Gasteiger partial charge in [0.15, 0.2) is 11.6 Å². The Morgan fingerprint density at radius 3 is 1.35 bits per heavy atom. The summed E-state index contributed by atoms with van der Waals surface area (Å²) in [6.07, 6.45) is 0. The van der Waals surface area contributed by atoms with Crippen LogP contribution in [0.2, 0.25) is 0 Å². The summed E-state index contributed by atoms with van der Waals surface area (Å²) in [6.45, 7) is 0. The minimum atomic E-state index is -0.233. The van der Waals surface area contributed by atoms with Crippen molar-refractivity contribution in [2.45, 2.75) is 0 Å². The summed E-state index contributed by atoms with van der Waals surface area (Å²) in [5, 5.41) is 9.88. The van der Waals surface area contributed by atoms with Gasteiger partial charge in [0.25, 0.3) is 0 Å². The van der Waals surface area contributed by atoms with Gasteiger partial charge in [-0.1, -0.05) is 60.7 Å². The van der Waals surface area contributed by atoms with Crippen LogP contribution in [-0.2, 0) is 0 Å². The monoisotopic (exact) mass is 302 g/mol. The smallest absolute Gasteiger partial charge is 0.193 e. The highest BCUT2D eigenvalue weighted by Gasteiger charge is 2.15. The average molecular weight is 302 g/mol. The molecule has 3 rings (SSSR count). The van der Waals surface area contributed by atoms with Crippen molar-refractivity contribution in [3.05, 3.63) is 101 Å². The molecule has 0 saturated heterocycles. The zero-order valence-electron chi connectivity index (χ0n) is 12.3. The van der Waals surface area contributed by atoms with E-state index in [4.69, 9.17) is 0 Å². The molecule has 0 aliphatic rings. The molecule has 0 unspecified atom stereocenters. The molecule has 23 heavy (non-hydrogen) atoms. The molecular formula is C20H14O3. The van der Waals surface area contributed by atoms with E-state index < -0.39 is 0 Å². The third-order valence-corrected chi connectivity index (χ3v) is 3.51. The van der Waals surface area contributed by atoms with E-state index in [0.29, 0.717) is 11.1 Å². The van der Waals surface area contributed by atoms with E-state index in [2.05, 4.69) is 0 Å². The molecule has 0 atom stereocenters. The van der Waals surface area contributed by atoms with Crippen molar-refractivity contribution >= 4 is 11.6 Å². The van der Waals surface area contributed by atoms with Gasteiger partial charge in [-0.05, 0) is 18.2 Å². The second kappa shape index (κ2) is 6.28. The quantitative estimate of drug-likeness (QED) is 0.745. The van der Waals surface area contributed by atoms with Crippen LogP contribution in [0, 0.1) is 0 Å². The fraction of sp³-hybridized carbons (Fsp3) is 0. The Morgan fingerprint density at radius 1 is 0.565 bits per heavy atom. The van der Waals surface area contributed by atoms with Gasteiger partial charge < -0.3 is 5.11 Å². The summed E-state index contributed by atoms with van der Waals surface area (Å²) in [7, 11) is 0. The van der Waals surface area contributed by atoms with Crippen LogP contribution in [-0.4, -0.2) is 16.7 Å². The highest BCUT2D eigenvalue weighted by Crippen LogP contribution is 2.21. The highest BCUT2D eigenvalue weighted by molar-refractivity contribution is 6.13. The summed E-state index contributed by atoms with van der Waals surface area (Å²) < 4.78 is 0. The van der Waals surface area contributed by atoms with Crippen molar-refractivity contribution in [3.63, 3.8) is 0 Å². The normalized spacial score (nSPS) is 10.3. The van der Waals surface area contributed by atoms with Crippen molar-refractivity contribution in [1.82, 2.24) is 0 Å². The maximum absolute atomic E-state index is 12.5. The summed E-state index contributed by atoms with van der Waals surface area (Å²) >= 11 is 0. The van der Waals surface area contributed by atoms with Crippen molar-refractivity contribution in [2.75, 3.05) is 0 Å². The molecule has 0 aromatic heterocycles. The van der Waals surface area contributed by atoms with Gasteiger partial charge in [0.1, 0.15) is 5.75 Å². The van der Waals surface area contributed by atoms with Crippen molar-refractivity contribution in [1.29, 1.82) is 0 Å². The summed E-state index contributed by atoms with van der Waals surface area (Å²) in [4.78, 5) is 25.0. The predicted octanol–water partition coefficient (Wildman–Crippen LogP) is 3.85. The number of phenolic OH excluding ortho intramolecular Hbond substituents is 1. The van der Waals surface area contributed by atoms with Crippen LogP contribution in [0.5, 0.6) is 5.75 Å². The van der Waals surface area contributed by atoms with Crippen LogP contribution in [0.25, 0.3) is 0 Å². The van der Waals surface area contributed by atoms with Crippen LogP contribution in [0.15, 0.2) is 78.9 Å². The molecule has 0 aliphatic carbocycles. The molecule has 3 aromatic rings. The number of ketones is 2. The topological polar surface area (TPSA) is 54.4 Å². The van der Waals surface area contributed by atoms with Gasteiger partial charge in [-0.3, -0.25) is 9.59 Å². The number of phenols is 1. The molecule has 0 fully saturated rings. The van der Waals surface area contributed by atoms with Crippen LogP contribution in [0.1, 0.15) is 31.8 Å². The number of rotatable bonds is 4. The lowest BCUT2D eigenvalue weighted by Crippen LogP contribution is -2.06. The molecule has 0 aliphatic heterocycles. The maximum Gasteiger partial charge on any atom is 0.193 e. The van der Waals surface area contributed by atoms with E-state index in [1.165, 1.54) is 18.2 Å². The van der Waals surface area contributed by atoms with Gasteiger partial charge in [0.05, 0.1) is 0 Å². The Hall–Kier alpha value is -3.20. The number of benzene rings is 3. The number of hydrogen-bond donors (Lipinski definition) is 1. The molecule has 112 valence electrons. The molecular weight excluding hydrogens is 288 g/mol. The van der Waals surface area contributed by atoms with E-state index >= 15 is 0 Å². The molecule has 0 saturated carbocycles. The first-order valence-corrected chi connectivity index (χ1v) is 7.19. The fourth-order valence-corrected chi connectivity index (χ4v) is 2.39. The van der Waals surface area contributed by atoms with Crippen LogP contribution in [0.4, 0.5) is 0 Å². The maximum atomic E-state index is 12.5. The highest BCUT2D eigenvalue weighted by atomic mass is 16.3. The van der Waals surface area contributed by atoms with E-state index in [9.17, 15) is 14.7 Å². The SMILES string of the molecule is O=C(c1ccccc1)c1cc(O)cc(C(=O)c2ccccc2)c1. The molecule has 0 amide bonds. The van der Waals surface area contributed by atoms with Crippen LogP contribution in [0.3, 0.4) is 0 Å². The lowest BCUT2D eigenvalue weighted by Gasteiger charge is -2.06. The summed E-state index contributed by atoms with van der Waals surface area (Å²) in [5.41, 5.74) is 1.60. The van der Waals surface area contributed by atoms with Gasteiger partial charge in [-0.2, -0.15) is 0 Å². The minimum Gasteiger partial charge on any atom is -0.508 e. The first kappa shape index (κ1) is 14.7. The lowest BCUT2D eigenvalue weighted by molar-refractivity contribution is 0.103. The van der Waals surface area contributed by atoms with E-state index in [1.54, 1.807) is 48.5 Å². The minimum absolute atomic E-state index is 0.105. The zero-order valence-corrected chi connectivity index (χ0v) is 12.3. The first-order chi connectivity index (χ1) is 11.1. The molecule has 3 heteroatoms. The van der Waals surface area contributed by atoms with Gasteiger partial charge in [-0.15, -0.1) is 0 Å². The van der Waals surface area contributed by atoms with E-state index in [0.717, 1.165) is 0 Å². The molecule has 0 spiro atoms. The van der Waals surface area contributed by atoms with E-state index in [1.807, 2.05) is 12.1 Å². The Morgan fingerprint density at radius 2 is 0.957 bits per heavy atom. The van der Waals surface area contributed by atoms with Gasteiger partial charge >= 0.3 is 0 Å². The molecule has 1 N–H and O–H groups in total. The Labute approximate surface area is 133 Å². The number of aromatic hydroxyl groups is 1. The molecule has 3 aromatic carbocycles. The Kier molecular flexibility index (Phi) is 4.02. The number of carbonyl (C=O) groups is 2. The van der Waals surface area contributed by atoms with Crippen molar-refractivity contribution in [3.8, 4) is 5.75 Å². The van der Waals surface area contributed by atoms with Gasteiger partial charge in [0.2, 0.25) is 0 Å². The van der Waals surface area contributed by atoms with Crippen molar-refractivity contribution in [2.24, 2.45) is 0 Å². The third kappa shape index (κ3) is 3.19. The Balaban J connectivity index is 2.00. The van der Waals surface area contributed by atoms with E-state index in [-0.39, 0.29) is 28.4 Å². The summed E-state index contributed by atoms with van der Waals surface area (Å²) in [5.74, 6) is -0.571. The molecule has 3 nitrogen and oxygen atoms in total. The molecule has 0 radical (unpaired) electrons. The number of hydrogen-bond acceptors (Lipinski definition) is 3. The zero-order chi connectivity index (χ0) is 16.2. The van der Waals surface area contributed by atoms with Crippen LogP contribution < -0.4 is 0 Å². The van der Waals surface area contributed by atoms with Crippen molar-refractivity contribution < 1.29 is 14.7 Å².